The monoisotopic (exact) mass is 442 g/mol. The summed E-state index contributed by atoms with van der Waals surface area (Å²) in [6.07, 6.45) is 1.13. The van der Waals surface area contributed by atoms with E-state index in [0.29, 0.717) is 42.8 Å². The summed E-state index contributed by atoms with van der Waals surface area (Å²) in [5, 5.41) is 3.37. The Balaban J connectivity index is 2.20. The molecular formula is C25H34N2O5. The number of rotatable bonds is 8. The SMILES string of the molecule is CCOC(=O)C1=C(COCCN)NC2=C(C(=O)CC(C)(C)C2)C1c1ccc(OC)c(C)c1. The number of ketones is 1. The average Bonchev–Trinajstić information content (AvgIpc) is 2.72. The van der Waals surface area contributed by atoms with Crippen molar-refractivity contribution in [3.63, 3.8) is 0 Å². The van der Waals surface area contributed by atoms with Gasteiger partial charge in [0.25, 0.3) is 0 Å². The summed E-state index contributed by atoms with van der Waals surface area (Å²) in [6.45, 7) is 9.04. The van der Waals surface area contributed by atoms with Gasteiger partial charge in [0.2, 0.25) is 0 Å². The predicted octanol–water partition coefficient (Wildman–Crippen LogP) is 3.13. The Morgan fingerprint density at radius 1 is 1.28 bits per heavy atom. The van der Waals surface area contributed by atoms with E-state index in [-0.39, 0.29) is 24.4 Å². The number of esters is 1. The number of dihydropyridines is 1. The fourth-order valence-electron chi connectivity index (χ4n) is 4.59. The second-order valence-corrected chi connectivity index (χ2v) is 9.07. The minimum atomic E-state index is -0.532. The molecule has 1 aromatic rings. The highest BCUT2D eigenvalue weighted by molar-refractivity contribution is 6.04. The van der Waals surface area contributed by atoms with Crippen molar-refractivity contribution >= 4 is 11.8 Å². The van der Waals surface area contributed by atoms with Gasteiger partial charge in [-0.05, 0) is 42.9 Å². The van der Waals surface area contributed by atoms with Crippen LogP contribution in [0.3, 0.4) is 0 Å². The lowest BCUT2D eigenvalue weighted by Crippen LogP contribution is -2.40. The number of methoxy groups -OCH3 is 1. The minimum Gasteiger partial charge on any atom is -0.496 e. The van der Waals surface area contributed by atoms with Crippen LogP contribution in [0.2, 0.25) is 0 Å². The highest BCUT2D eigenvalue weighted by Gasteiger charge is 2.43. The number of hydrogen-bond donors (Lipinski definition) is 2. The van der Waals surface area contributed by atoms with Gasteiger partial charge in [-0.2, -0.15) is 0 Å². The van der Waals surface area contributed by atoms with Crippen LogP contribution in [0.4, 0.5) is 0 Å². The maximum absolute atomic E-state index is 13.4. The number of Topliss-reactive ketones (excluding diaryl/α,β-unsaturated/α-hetero) is 1. The summed E-state index contributed by atoms with van der Waals surface area (Å²) < 4.78 is 16.5. The molecule has 0 amide bonds. The Morgan fingerprint density at radius 3 is 2.66 bits per heavy atom. The molecule has 0 saturated carbocycles. The lowest BCUT2D eigenvalue weighted by atomic mass is 9.68. The molecule has 0 saturated heterocycles. The summed E-state index contributed by atoms with van der Waals surface area (Å²) in [5.74, 6) is -0.184. The largest absolute Gasteiger partial charge is 0.496 e. The van der Waals surface area contributed by atoms with Crippen molar-refractivity contribution in [3.05, 3.63) is 51.9 Å². The third-order valence-electron chi connectivity index (χ3n) is 5.88. The molecule has 0 bridgehead atoms. The van der Waals surface area contributed by atoms with Crippen molar-refractivity contribution in [2.24, 2.45) is 11.1 Å². The van der Waals surface area contributed by atoms with Gasteiger partial charge >= 0.3 is 5.97 Å². The van der Waals surface area contributed by atoms with Crippen LogP contribution >= 0.6 is 0 Å². The first-order valence-electron chi connectivity index (χ1n) is 11.1. The third kappa shape index (κ3) is 4.89. The summed E-state index contributed by atoms with van der Waals surface area (Å²) >= 11 is 0. The highest BCUT2D eigenvalue weighted by atomic mass is 16.5. The van der Waals surface area contributed by atoms with Gasteiger partial charge in [-0.3, -0.25) is 4.79 Å². The van der Waals surface area contributed by atoms with Crippen molar-refractivity contribution < 1.29 is 23.8 Å². The van der Waals surface area contributed by atoms with Crippen LogP contribution in [0.15, 0.2) is 40.7 Å². The van der Waals surface area contributed by atoms with Crippen LogP contribution in [0.5, 0.6) is 5.75 Å². The van der Waals surface area contributed by atoms with Crippen molar-refractivity contribution in [3.8, 4) is 5.75 Å². The van der Waals surface area contributed by atoms with Gasteiger partial charge in [0.1, 0.15) is 5.75 Å². The Labute approximate surface area is 190 Å². The van der Waals surface area contributed by atoms with Gasteiger partial charge < -0.3 is 25.3 Å². The minimum absolute atomic E-state index is 0.0472. The lowest BCUT2D eigenvalue weighted by Gasteiger charge is -2.40. The Kier molecular flexibility index (Phi) is 7.41. The van der Waals surface area contributed by atoms with Crippen LogP contribution in [0.25, 0.3) is 0 Å². The molecule has 174 valence electrons. The molecule has 3 N–H and O–H groups in total. The summed E-state index contributed by atoms with van der Waals surface area (Å²) in [6, 6.07) is 5.76. The van der Waals surface area contributed by atoms with Gasteiger partial charge in [-0.1, -0.05) is 26.0 Å². The highest BCUT2D eigenvalue weighted by Crippen LogP contribution is 2.47. The molecule has 2 aliphatic rings. The molecule has 1 atom stereocenters. The molecule has 0 radical (unpaired) electrons. The van der Waals surface area contributed by atoms with Crippen molar-refractivity contribution in [1.29, 1.82) is 0 Å². The van der Waals surface area contributed by atoms with E-state index in [2.05, 4.69) is 19.2 Å². The van der Waals surface area contributed by atoms with Crippen LogP contribution in [0, 0.1) is 12.3 Å². The molecule has 32 heavy (non-hydrogen) atoms. The van der Waals surface area contributed by atoms with E-state index in [9.17, 15) is 9.59 Å². The average molecular weight is 443 g/mol. The Bertz CT molecular complexity index is 961. The number of carbonyl (C=O) groups is 2. The molecule has 1 aromatic carbocycles. The maximum atomic E-state index is 13.4. The number of hydrogen-bond acceptors (Lipinski definition) is 7. The van der Waals surface area contributed by atoms with Gasteiger partial charge in [-0.25, -0.2) is 4.79 Å². The van der Waals surface area contributed by atoms with Crippen LogP contribution < -0.4 is 15.8 Å². The van der Waals surface area contributed by atoms with E-state index in [0.717, 1.165) is 22.6 Å². The van der Waals surface area contributed by atoms with Gasteiger partial charge in [0.05, 0.1) is 38.2 Å². The predicted molar refractivity (Wildman–Crippen MR) is 122 cm³/mol. The van der Waals surface area contributed by atoms with E-state index in [1.807, 2.05) is 25.1 Å². The number of nitrogens with one attached hydrogen (secondary N) is 1. The number of carbonyl (C=O) groups excluding carboxylic acids is 2. The number of ether oxygens (including phenoxy) is 3. The zero-order valence-electron chi connectivity index (χ0n) is 19.7. The maximum Gasteiger partial charge on any atom is 0.336 e. The fraction of sp³-hybridized carbons (Fsp3) is 0.520. The van der Waals surface area contributed by atoms with E-state index in [4.69, 9.17) is 19.9 Å². The van der Waals surface area contributed by atoms with E-state index in [1.165, 1.54) is 0 Å². The molecular weight excluding hydrogens is 408 g/mol. The molecule has 0 fully saturated rings. The first-order chi connectivity index (χ1) is 15.2. The van der Waals surface area contributed by atoms with Gasteiger partial charge in [0.15, 0.2) is 5.78 Å². The zero-order chi connectivity index (χ0) is 23.5. The van der Waals surface area contributed by atoms with E-state index < -0.39 is 11.9 Å². The molecule has 1 aliphatic carbocycles. The number of aryl methyl sites for hydroxylation is 1. The molecule has 7 nitrogen and oxygen atoms in total. The van der Waals surface area contributed by atoms with E-state index in [1.54, 1.807) is 14.0 Å². The molecule has 3 rings (SSSR count). The molecule has 1 heterocycles. The molecule has 0 spiro atoms. The normalized spacial score (nSPS) is 20.1. The second kappa shape index (κ2) is 9.88. The first kappa shape index (κ1) is 24.0. The van der Waals surface area contributed by atoms with Crippen molar-refractivity contribution in [2.75, 3.05) is 33.5 Å². The molecule has 1 aliphatic heterocycles. The summed E-state index contributed by atoms with van der Waals surface area (Å²) in [4.78, 5) is 26.6. The van der Waals surface area contributed by atoms with Crippen LogP contribution in [-0.2, 0) is 19.1 Å². The number of benzene rings is 1. The quantitative estimate of drug-likeness (QED) is 0.471. The van der Waals surface area contributed by atoms with Crippen LogP contribution in [0.1, 0.15) is 50.7 Å². The topological polar surface area (TPSA) is 99.9 Å². The number of allylic oxidation sites excluding steroid dienone is 2. The Morgan fingerprint density at radius 2 is 2.03 bits per heavy atom. The van der Waals surface area contributed by atoms with Gasteiger partial charge in [0, 0.05) is 30.2 Å². The van der Waals surface area contributed by atoms with Crippen molar-refractivity contribution in [1.82, 2.24) is 5.32 Å². The third-order valence-corrected chi connectivity index (χ3v) is 5.88. The lowest BCUT2D eigenvalue weighted by molar-refractivity contribution is -0.139. The first-order valence-corrected chi connectivity index (χ1v) is 11.1. The molecule has 1 unspecified atom stereocenters. The summed E-state index contributed by atoms with van der Waals surface area (Å²) in [7, 11) is 1.62. The fourth-order valence-corrected chi connectivity index (χ4v) is 4.59. The van der Waals surface area contributed by atoms with E-state index >= 15 is 0 Å². The standard InChI is InChI=1S/C25H34N2O5/c1-6-32-24(29)23-18(14-31-10-9-26)27-17-12-25(3,4)13-19(28)22(17)21(23)16-7-8-20(30-5)15(2)11-16/h7-8,11,21,27H,6,9-10,12-14,26H2,1-5H3. The zero-order valence-corrected chi connectivity index (χ0v) is 19.7. The summed E-state index contributed by atoms with van der Waals surface area (Å²) in [5.41, 5.74) is 9.73. The van der Waals surface area contributed by atoms with Crippen molar-refractivity contribution in [2.45, 2.75) is 46.5 Å². The molecule has 7 heteroatoms. The second-order valence-electron chi connectivity index (χ2n) is 9.07. The number of nitrogens with two attached hydrogens (primary N) is 1. The van der Waals surface area contributed by atoms with Crippen LogP contribution in [-0.4, -0.2) is 45.2 Å². The smallest absolute Gasteiger partial charge is 0.336 e. The Hall–Kier alpha value is -2.64. The molecule has 0 aromatic heterocycles. The van der Waals surface area contributed by atoms with Gasteiger partial charge in [-0.15, -0.1) is 0 Å².